The summed E-state index contributed by atoms with van der Waals surface area (Å²) in [6.45, 7) is 0. The molecule has 0 rings (SSSR count). The van der Waals surface area contributed by atoms with E-state index in [1.54, 1.807) is 0 Å². The molecule has 0 fully saturated rings. The number of alkyl halides is 3. The zero-order valence-corrected chi connectivity index (χ0v) is 5.12. The molecule has 0 radical (unpaired) electrons. The number of rotatable bonds is 2. The lowest BCUT2D eigenvalue weighted by Gasteiger charge is -2.08. The summed E-state index contributed by atoms with van der Waals surface area (Å²) < 4.78 is 33.6. The second-order valence-electron chi connectivity index (χ2n) is 1.27. The standard InChI is InChI=1S/C3H6F3NO.ClH/c4-2(5)1(8)3(6)7;/h1-3,8H,7H2;1H/t1-,3?;/m1./s1. The summed E-state index contributed by atoms with van der Waals surface area (Å²) in [5.41, 5.74) is 4.24. The minimum absolute atomic E-state index is 0. The normalized spacial score (nSPS) is 16.7. The molecule has 3 N–H and O–H groups in total. The molecule has 2 atom stereocenters. The molecule has 6 heteroatoms. The van der Waals surface area contributed by atoms with Crippen LogP contribution < -0.4 is 5.73 Å². The molecule has 0 aromatic heterocycles. The zero-order valence-electron chi connectivity index (χ0n) is 4.30. The van der Waals surface area contributed by atoms with E-state index in [0.29, 0.717) is 0 Å². The molecule has 0 spiro atoms. The highest BCUT2D eigenvalue weighted by molar-refractivity contribution is 5.85. The van der Waals surface area contributed by atoms with Gasteiger partial charge in [-0.1, -0.05) is 0 Å². The Hall–Kier alpha value is -0.0000000000000000555. The lowest BCUT2D eigenvalue weighted by atomic mass is 10.4. The van der Waals surface area contributed by atoms with E-state index in [-0.39, 0.29) is 12.4 Å². The molecule has 0 saturated heterocycles. The van der Waals surface area contributed by atoms with Crippen LogP contribution in [0.3, 0.4) is 0 Å². The number of halogens is 4. The van der Waals surface area contributed by atoms with Crippen molar-refractivity contribution in [3.8, 4) is 0 Å². The molecular formula is C3H7ClF3NO. The molecule has 0 amide bonds. The van der Waals surface area contributed by atoms with Gasteiger partial charge in [-0.2, -0.15) is 0 Å². The van der Waals surface area contributed by atoms with E-state index in [4.69, 9.17) is 5.11 Å². The van der Waals surface area contributed by atoms with Crippen LogP contribution in [0.1, 0.15) is 0 Å². The second kappa shape index (κ2) is 4.84. The van der Waals surface area contributed by atoms with Gasteiger partial charge in [-0.25, -0.2) is 13.2 Å². The average molecular weight is 166 g/mol. The topological polar surface area (TPSA) is 46.2 Å². The highest BCUT2D eigenvalue weighted by Gasteiger charge is 2.23. The SMILES string of the molecule is Cl.NC(F)[C@H](O)C(F)F. The number of aliphatic hydroxyl groups is 1. The fourth-order valence-corrected chi connectivity index (χ4v) is 0.139. The van der Waals surface area contributed by atoms with Crippen molar-refractivity contribution in [2.24, 2.45) is 5.73 Å². The summed E-state index contributed by atoms with van der Waals surface area (Å²) in [6, 6.07) is 0. The monoisotopic (exact) mass is 165 g/mol. The van der Waals surface area contributed by atoms with E-state index in [1.165, 1.54) is 0 Å². The smallest absolute Gasteiger partial charge is 0.268 e. The number of hydrogen-bond donors (Lipinski definition) is 2. The Morgan fingerprint density at radius 3 is 1.56 bits per heavy atom. The number of aliphatic hydroxyl groups excluding tert-OH is 1. The summed E-state index contributed by atoms with van der Waals surface area (Å²) in [7, 11) is 0. The molecule has 0 aromatic rings. The van der Waals surface area contributed by atoms with Crippen molar-refractivity contribution >= 4 is 12.4 Å². The molecule has 0 aromatic carbocycles. The van der Waals surface area contributed by atoms with Crippen LogP contribution >= 0.6 is 12.4 Å². The first kappa shape index (κ1) is 11.8. The van der Waals surface area contributed by atoms with Crippen LogP contribution in [0.4, 0.5) is 13.2 Å². The predicted octanol–water partition coefficient (Wildman–Crippen LogP) is 0.288. The average Bonchev–Trinajstić information content (AvgIpc) is 1.64. The van der Waals surface area contributed by atoms with Gasteiger partial charge >= 0.3 is 0 Å². The third-order valence-corrected chi connectivity index (χ3v) is 0.584. The van der Waals surface area contributed by atoms with Crippen LogP contribution in [0.2, 0.25) is 0 Å². The van der Waals surface area contributed by atoms with Gasteiger partial charge < -0.3 is 5.11 Å². The Morgan fingerprint density at radius 1 is 1.22 bits per heavy atom. The van der Waals surface area contributed by atoms with Crippen molar-refractivity contribution in [3.05, 3.63) is 0 Å². The third-order valence-electron chi connectivity index (χ3n) is 0.584. The molecule has 0 aliphatic rings. The molecule has 0 aliphatic carbocycles. The minimum atomic E-state index is -3.10. The van der Waals surface area contributed by atoms with Gasteiger partial charge in [0.15, 0.2) is 12.4 Å². The van der Waals surface area contributed by atoms with Gasteiger partial charge in [0.1, 0.15) is 0 Å². The van der Waals surface area contributed by atoms with Gasteiger partial charge in [-0.05, 0) is 0 Å². The van der Waals surface area contributed by atoms with Gasteiger partial charge in [0.05, 0.1) is 0 Å². The quantitative estimate of drug-likeness (QED) is 0.578. The van der Waals surface area contributed by atoms with Crippen molar-refractivity contribution in [2.75, 3.05) is 0 Å². The fourth-order valence-electron chi connectivity index (χ4n) is 0.139. The molecule has 1 unspecified atom stereocenters. The summed E-state index contributed by atoms with van der Waals surface area (Å²) in [5.74, 6) is 0. The van der Waals surface area contributed by atoms with E-state index in [2.05, 4.69) is 5.73 Å². The maximum absolute atomic E-state index is 11.4. The number of hydrogen-bond acceptors (Lipinski definition) is 2. The summed E-state index contributed by atoms with van der Waals surface area (Å²) in [4.78, 5) is 0. The van der Waals surface area contributed by atoms with Crippen molar-refractivity contribution in [2.45, 2.75) is 18.8 Å². The first-order chi connectivity index (χ1) is 3.55. The van der Waals surface area contributed by atoms with E-state index >= 15 is 0 Å². The molecular weight excluding hydrogens is 158 g/mol. The van der Waals surface area contributed by atoms with Crippen LogP contribution in [0.15, 0.2) is 0 Å². The minimum Gasteiger partial charge on any atom is -0.383 e. The molecule has 58 valence electrons. The van der Waals surface area contributed by atoms with Crippen LogP contribution in [-0.4, -0.2) is 23.9 Å². The first-order valence-corrected chi connectivity index (χ1v) is 1.91. The molecule has 0 aliphatic heterocycles. The lowest BCUT2D eigenvalue weighted by molar-refractivity contribution is -0.0465. The van der Waals surface area contributed by atoms with Crippen molar-refractivity contribution in [1.29, 1.82) is 0 Å². The largest absolute Gasteiger partial charge is 0.383 e. The molecule has 9 heavy (non-hydrogen) atoms. The van der Waals surface area contributed by atoms with E-state index in [1.807, 2.05) is 0 Å². The maximum Gasteiger partial charge on any atom is 0.268 e. The van der Waals surface area contributed by atoms with Crippen LogP contribution in [0.5, 0.6) is 0 Å². The Kier molecular flexibility index (Phi) is 6.32. The number of nitrogens with two attached hydrogens (primary N) is 1. The third kappa shape index (κ3) is 4.50. The van der Waals surface area contributed by atoms with Gasteiger partial charge in [-0.15, -0.1) is 12.4 Å². The van der Waals surface area contributed by atoms with Crippen LogP contribution in [0, 0.1) is 0 Å². The van der Waals surface area contributed by atoms with E-state index in [9.17, 15) is 13.2 Å². The summed E-state index contributed by atoms with van der Waals surface area (Å²) >= 11 is 0. The van der Waals surface area contributed by atoms with Crippen LogP contribution in [-0.2, 0) is 0 Å². The van der Waals surface area contributed by atoms with Gasteiger partial charge in [0, 0.05) is 0 Å². The van der Waals surface area contributed by atoms with Gasteiger partial charge in [0.2, 0.25) is 0 Å². The van der Waals surface area contributed by atoms with Crippen LogP contribution in [0.25, 0.3) is 0 Å². The summed E-state index contributed by atoms with van der Waals surface area (Å²) in [5, 5.41) is 7.95. The molecule has 2 nitrogen and oxygen atoms in total. The van der Waals surface area contributed by atoms with Crippen molar-refractivity contribution < 1.29 is 18.3 Å². The van der Waals surface area contributed by atoms with Crippen molar-refractivity contribution in [1.82, 2.24) is 0 Å². The molecule has 0 bridgehead atoms. The first-order valence-electron chi connectivity index (χ1n) is 1.91. The highest BCUT2D eigenvalue weighted by Crippen LogP contribution is 2.03. The fraction of sp³-hybridized carbons (Fsp3) is 1.00. The van der Waals surface area contributed by atoms with E-state index < -0.39 is 18.8 Å². The zero-order chi connectivity index (χ0) is 6.73. The lowest BCUT2D eigenvalue weighted by Crippen LogP contribution is -2.35. The second-order valence-corrected chi connectivity index (χ2v) is 1.27. The maximum atomic E-state index is 11.4. The predicted molar refractivity (Wildman–Crippen MR) is 28.3 cm³/mol. The molecule has 0 heterocycles. The summed E-state index contributed by atoms with van der Waals surface area (Å²) in [6.07, 6.45) is -7.81. The molecule has 0 saturated carbocycles. The van der Waals surface area contributed by atoms with E-state index in [0.717, 1.165) is 0 Å². The van der Waals surface area contributed by atoms with Gasteiger partial charge in [0.25, 0.3) is 6.43 Å². The Balaban J connectivity index is 0. The Labute approximate surface area is 56.3 Å². The Bertz CT molecular complexity index is 64.1. The highest BCUT2D eigenvalue weighted by atomic mass is 35.5. The Morgan fingerprint density at radius 2 is 1.56 bits per heavy atom. The van der Waals surface area contributed by atoms with Crippen molar-refractivity contribution in [3.63, 3.8) is 0 Å². The van der Waals surface area contributed by atoms with Gasteiger partial charge in [-0.3, -0.25) is 5.73 Å².